The van der Waals surface area contributed by atoms with Crippen LogP contribution in [0.4, 0.5) is 0 Å². The molecule has 17 heavy (non-hydrogen) atoms. The Labute approximate surface area is 106 Å². The minimum atomic E-state index is -0.116. The number of nitrogens with zero attached hydrogens (tertiary/aromatic N) is 1. The first kappa shape index (κ1) is 11.0. The number of hydrogen-bond donors (Lipinski definition) is 1. The average molecular weight is 269 g/mol. The number of rotatable bonds is 1. The molecule has 0 aliphatic carbocycles. The third kappa shape index (κ3) is 2.01. The van der Waals surface area contributed by atoms with Gasteiger partial charge in [0, 0.05) is 11.8 Å². The summed E-state index contributed by atoms with van der Waals surface area (Å²) in [6.07, 6.45) is 0.686. The molecule has 0 bridgehead atoms. The molecule has 0 spiro atoms. The van der Waals surface area contributed by atoms with Crippen molar-refractivity contribution < 1.29 is 4.74 Å². The summed E-state index contributed by atoms with van der Waals surface area (Å²) in [5.41, 5.74) is 1.36. The summed E-state index contributed by atoms with van der Waals surface area (Å²) in [5.74, 6) is 0.590. The first-order valence-corrected chi connectivity index (χ1v) is 6.44. The molecule has 3 rings (SSSR count). The first-order valence-electron chi connectivity index (χ1n) is 5.18. The van der Waals surface area contributed by atoms with Gasteiger partial charge in [0.2, 0.25) is 0 Å². The van der Waals surface area contributed by atoms with Crippen molar-refractivity contribution in [3.05, 3.63) is 38.1 Å². The van der Waals surface area contributed by atoms with Crippen LogP contribution in [0.25, 0.3) is 10.7 Å². The van der Waals surface area contributed by atoms with Gasteiger partial charge in [-0.25, -0.2) is 4.98 Å². The van der Waals surface area contributed by atoms with Gasteiger partial charge in [0.15, 0.2) is 5.82 Å². The number of nitrogens with one attached hydrogen (secondary N) is 1. The van der Waals surface area contributed by atoms with Crippen molar-refractivity contribution >= 4 is 22.9 Å². The van der Waals surface area contributed by atoms with Gasteiger partial charge in [-0.15, -0.1) is 11.3 Å². The Bertz CT molecular complexity index is 620. The van der Waals surface area contributed by atoms with Crippen molar-refractivity contribution in [3.63, 3.8) is 0 Å². The van der Waals surface area contributed by atoms with E-state index in [2.05, 4.69) is 9.97 Å². The fraction of sp³-hybridized carbons (Fsp3) is 0.273. The Morgan fingerprint density at radius 3 is 3.18 bits per heavy atom. The predicted molar refractivity (Wildman–Crippen MR) is 66.5 cm³/mol. The zero-order valence-corrected chi connectivity index (χ0v) is 10.4. The molecular formula is C11H9ClN2O2S. The Hall–Kier alpha value is -1.17. The first-order chi connectivity index (χ1) is 8.24. The van der Waals surface area contributed by atoms with E-state index in [0.29, 0.717) is 36.0 Å². The predicted octanol–water partition coefficient (Wildman–Crippen LogP) is 2.22. The summed E-state index contributed by atoms with van der Waals surface area (Å²) in [5, 5.41) is 2.48. The Balaban J connectivity index is 2.13. The van der Waals surface area contributed by atoms with E-state index in [-0.39, 0.29) is 5.56 Å². The van der Waals surface area contributed by atoms with E-state index < -0.39 is 0 Å². The third-order valence-corrected chi connectivity index (χ3v) is 3.92. The van der Waals surface area contributed by atoms with E-state index in [9.17, 15) is 4.79 Å². The minimum Gasteiger partial charge on any atom is -0.376 e. The summed E-state index contributed by atoms with van der Waals surface area (Å²) in [7, 11) is 0. The van der Waals surface area contributed by atoms with Gasteiger partial charge in [0.25, 0.3) is 5.56 Å². The highest BCUT2D eigenvalue weighted by Gasteiger charge is 2.17. The van der Waals surface area contributed by atoms with E-state index >= 15 is 0 Å². The fourth-order valence-corrected chi connectivity index (χ4v) is 2.82. The average Bonchev–Trinajstić information content (AvgIpc) is 2.76. The SMILES string of the molecule is O=c1[nH]c(-c2cc(Cl)cs2)nc2c1COCC2. The van der Waals surface area contributed by atoms with Crippen LogP contribution in [0.15, 0.2) is 16.2 Å². The smallest absolute Gasteiger partial charge is 0.256 e. The summed E-state index contributed by atoms with van der Waals surface area (Å²) in [6.45, 7) is 0.969. The summed E-state index contributed by atoms with van der Waals surface area (Å²) in [4.78, 5) is 20.0. The molecule has 0 fully saturated rings. The number of thiophene rings is 1. The molecule has 1 N–H and O–H groups in total. The molecule has 0 aromatic carbocycles. The van der Waals surface area contributed by atoms with Crippen molar-refractivity contribution in [2.24, 2.45) is 0 Å². The maximum Gasteiger partial charge on any atom is 0.256 e. The quantitative estimate of drug-likeness (QED) is 0.863. The Morgan fingerprint density at radius 1 is 1.53 bits per heavy atom. The molecule has 2 aromatic heterocycles. The number of aromatic amines is 1. The second kappa shape index (κ2) is 4.25. The highest BCUT2D eigenvalue weighted by molar-refractivity contribution is 7.14. The molecule has 6 heteroatoms. The van der Waals surface area contributed by atoms with Crippen LogP contribution < -0.4 is 5.56 Å². The van der Waals surface area contributed by atoms with Crippen LogP contribution in [0.2, 0.25) is 5.02 Å². The molecular weight excluding hydrogens is 260 g/mol. The largest absolute Gasteiger partial charge is 0.376 e. The molecule has 1 aliphatic heterocycles. The van der Waals surface area contributed by atoms with Crippen molar-refractivity contribution in [2.75, 3.05) is 6.61 Å². The normalized spacial score (nSPS) is 14.6. The number of hydrogen-bond acceptors (Lipinski definition) is 4. The zero-order valence-electron chi connectivity index (χ0n) is 8.83. The summed E-state index contributed by atoms with van der Waals surface area (Å²) < 4.78 is 5.25. The zero-order chi connectivity index (χ0) is 11.8. The summed E-state index contributed by atoms with van der Waals surface area (Å²) in [6, 6.07) is 1.80. The molecule has 2 aromatic rings. The number of H-pyrrole nitrogens is 1. The van der Waals surface area contributed by atoms with Crippen LogP contribution in [0.3, 0.4) is 0 Å². The van der Waals surface area contributed by atoms with Crippen molar-refractivity contribution in [1.82, 2.24) is 9.97 Å². The van der Waals surface area contributed by atoms with Crippen LogP contribution in [-0.4, -0.2) is 16.6 Å². The lowest BCUT2D eigenvalue weighted by atomic mass is 10.1. The van der Waals surface area contributed by atoms with Gasteiger partial charge in [-0.2, -0.15) is 0 Å². The Kier molecular flexibility index (Phi) is 2.74. The molecule has 1 aliphatic rings. The maximum absolute atomic E-state index is 11.9. The molecule has 4 nitrogen and oxygen atoms in total. The van der Waals surface area contributed by atoms with E-state index in [4.69, 9.17) is 16.3 Å². The fourth-order valence-electron chi connectivity index (χ4n) is 1.80. The summed E-state index contributed by atoms with van der Waals surface area (Å²) >= 11 is 7.33. The second-order valence-electron chi connectivity index (χ2n) is 3.77. The lowest BCUT2D eigenvalue weighted by molar-refractivity contribution is 0.108. The van der Waals surface area contributed by atoms with Crippen LogP contribution in [0, 0.1) is 0 Å². The van der Waals surface area contributed by atoms with Gasteiger partial charge in [-0.1, -0.05) is 11.6 Å². The van der Waals surface area contributed by atoms with Crippen molar-refractivity contribution in [3.8, 4) is 10.7 Å². The molecule has 0 atom stereocenters. The topological polar surface area (TPSA) is 55.0 Å². The lowest BCUT2D eigenvalue weighted by Gasteiger charge is -2.14. The molecule has 0 saturated heterocycles. The van der Waals surface area contributed by atoms with Crippen LogP contribution >= 0.6 is 22.9 Å². The molecule has 3 heterocycles. The second-order valence-corrected chi connectivity index (χ2v) is 5.12. The molecule has 0 unspecified atom stereocenters. The van der Waals surface area contributed by atoms with Gasteiger partial charge in [0.1, 0.15) is 0 Å². The number of halogens is 1. The van der Waals surface area contributed by atoms with Gasteiger partial charge in [0.05, 0.1) is 34.4 Å². The molecule has 0 radical (unpaired) electrons. The van der Waals surface area contributed by atoms with Crippen LogP contribution in [0.5, 0.6) is 0 Å². The maximum atomic E-state index is 11.9. The number of ether oxygens (including phenoxy) is 1. The van der Waals surface area contributed by atoms with Crippen molar-refractivity contribution in [1.29, 1.82) is 0 Å². The number of aromatic nitrogens is 2. The van der Waals surface area contributed by atoms with E-state index in [1.165, 1.54) is 11.3 Å². The van der Waals surface area contributed by atoms with Gasteiger partial charge in [-0.3, -0.25) is 4.79 Å². The molecule has 88 valence electrons. The van der Waals surface area contributed by atoms with Gasteiger partial charge in [-0.05, 0) is 6.07 Å². The van der Waals surface area contributed by atoms with E-state index in [1.807, 2.05) is 5.38 Å². The third-order valence-electron chi connectivity index (χ3n) is 2.63. The lowest BCUT2D eigenvalue weighted by Crippen LogP contribution is -2.24. The van der Waals surface area contributed by atoms with E-state index in [1.54, 1.807) is 6.07 Å². The van der Waals surface area contributed by atoms with E-state index in [0.717, 1.165) is 10.6 Å². The molecule has 0 saturated carbocycles. The van der Waals surface area contributed by atoms with Crippen LogP contribution in [0.1, 0.15) is 11.3 Å². The Morgan fingerprint density at radius 2 is 2.41 bits per heavy atom. The van der Waals surface area contributed by atoms with Crippen molar-refractivity contribution in [2.45, 2.75) is 13.0 Å². The highest BCUT2D eigenvalue weighted by Crippen LogP contribution is 2.27. The molecule has 0 amide bonds. The standard InChI is InChI=1S/C11H9ClN2O2S/c12-6-3-9(17-5-6)10-13-8-1-2-16-4-7(8)11(15)14-10/h3,5H,1-2,4H2,(H,13,14,15). The minimum absolute atomic E-state index is 0.116. The van der Waals surface area contributed by atoms with Gasteiger partial charge < -0.3 is 9.72 Å². The number of fused-ring (bicyclic) bond motifs is 1. The monoisotopic (exact) mass is 268 g/mol. The van der Waals surface area contributed by atoms with Crippen LogP contribution in [-0.2, 0) is 17.8 Å². The highest BCUT2D eigenvalue weighted by atomic mass is 35.5. The van der Waals surface area contributed by atoms with Gasteiger partial charge >= 0.3 is 0 Å².